The van der Waals surface area contributed by atoms with Crippen LogP contribution in [0.4, 0.5) is 5.69 Å². The average Bonchev–Trinajstić information content (AvgIpc) is 2.74. The fourth-order valence-electron chi connectivity index (χ4n) is 1.76. The number of hydrogen-bond acceptors (Lipinski definition) is 3. The molecule has 0 aliphatic rings. The number of rotatable bonds is 1. The molecule has 3 rings (SSSR count). The maximum Gasteiger partial charge on any atom is 0.0913 e. The van der Waals surface area contributed by atoms with Crippen molar-refractivity contribution in [3.8, 4) is 5.69 Å². The SMILES string of the molecule is Nc1cnccc1-n1ncc2ccccc21. The van der Waals surface area contributed by atoms with Gasteiger partial charge in [-0.25, -0.2) is 4.68 Å². The number of benzene rings is 1. The van der Waals surface area contributed by atoms with Gasteiger partial charge in [0.1, 0.15) is 0 Å². The molecule has 0 bridgehead atoms. The van der Waals surface area contributed by atoms with Crippen LogP contribution in [0.25, 0.3) is 16.6 Å². The normalized spacial score (nSPS) is 10.8. The summed E-state index contributed by atoms with van der Waals surface area (Å²) in [6.45, 7) is 0. The predicted molar refractivity (Wildman–Crippen MR) is 63.3 cm³/mol. The zero-order valence-electron chi connectivity index (χ0n) is 8.54. The Labute approximate surface area is 92.3 Å². The quantitative estimate of drug-likeness (QED) is 0.668. The molecule has 4 nitrogen and oxygen atoms in total. The lowest BCUT2D eigenvalue weighted by Crippen LogP contribution is -2.01. The summed E-state index contributed by atoms with van der Waals surface area (Å²) in [7, 11) is 0. The van der Waals surface area contributed by atoms with Crippen LogP contribution in [0.2, 0.25) is 0 Å². The number of pyridine rings is 1. The number of para-hydroxylation sites is 1. The largest absolute Gasteiger partial charge is 0.396 e. The molecule has 0 amide bonds. The summed E-state index contributed by atoms with van der Waals surface area (Å²) in [6.07, 6.45) is 5.17. The van der Waals surface area contributed by atoms with E-state index in [-0.39, 0.29) is 0 Å². The predicted octanol–water partition coefficient (Wildman–Crippen LogP) is 2.00. The number of fused-ring (bicyclic) bond motifs is 1. The molecule has 1 aromatic carbocycles. The van der Waals surface area contributed by atoms with Gasteiger partial charge in [0.2, 0.25) is 0 Å². The number of aromatic nitrogens is 3. The Morgan fingerprint density at radius 1 is 1.06 bits per heavy atom. The smallest absolute Gasteiger partial charge is 0.0913 e. The molecule has 16 heavy (non-hydrogen) atoms. The summed E-state index contributed by atoms with van der Waals surface area (Å²) in [5.74, 6) is 0. The maximum atomic E-state index is 5.88. The van der Waals surface area contributed by atoms with Crippen LogP contribution in [0, 0.1) is 0 Å². The highest BCUT2D eigenvalue weighted by Crippen LogP contribution is 2.20. The third kappa shape index (κ3) is 1.24. The maximum absolute atomic E-state index is 5.88. The number of nitrogen functional groups attached to an aromatic ring is 1. The minimum atomic E-state index is 0.622. The molecular weight excluding hydrogens is 200 g/mol. The average molecular weight is 210 g/mol. The lowest BCUT2D eigenvalue weighted by molar-refractivity contribution is 0.910. The minimum absolute atomic E-state index is 0.622. The van der Waals surface area contributed by atoms with Crippen molar-refractivity contribution in [2.75, 3.05) is 5.73 Å². The van der Waals surface area contributed by atoms with Gasteiger partial charge < -0.3 is 5.73 Å². The first kappa shape index (κ1) is 8.91. The number of anilines is 1. The second-order valence-electron chi connectivity index (χ2n) is 3.55. The number of hydrogen-bond donors (Lipinski definition) is 1. The zero-order valence-corrected chi connectivity index (χ0v) is 8.54. The van der Waals surface area contributed by atoms with E-state index in [0.717, 1.165) is 16.6 Å². The van der Waals surface area contributed by atoms with Crippen LogP contribution < -0.4 is 5.73 Å². The van der Waals surface area contributed by atoms with Crippen LogP contribution in [-0.2, 0) is 0 Å². The van der Waals surface area contributed by atoms with Crippen molar-refractivity contribution < 1.29 is 0 Å². The van der Waals surface area contributed by atoms with Crippen LogP contribution in [0.15, 0.2) is 48.9 Å². The Kier molecular flexibility index (Phi) is 1.86. The van der Waals surface area contributed by atoms with Gasteiger partial charge in [-0.2, -0.15) is 5.10 Å². The highest BCUT2D eigenvalue weighted by molar-refractivity contribution is 5.81. The van der Waals surface area contributed by atoms with E-state index in [0.29, 0.717) is 5.69 Å². The van der Waals surface area contributed by atoms with E-state index in [1.54, 1.807) is 12.4 Å². The summed E-state index contributed by atoms with van der Waals surface area (Å²) in [4.78, 5) is 3.97. The molecule has 0 spiro atoms. The highest BCUT2D eigenvalue weighted by atomic mass is 15.3. The molecule has 0 fully saturated rings. The molecule has 78 valence electrons. The molecule has 0 aliphatic carbocycles. The monoisotopic (exact) mass is 210 g/mol. The van der Waals surface area contributed by atoms with Crippen molar-refractivity contribution in [3.63, 3.8) is 0 Å². The van der Waals surface area contributed by atoms with Gasteiger partial charge in [-0.1, -0.05) is 18.2 Å². The van der Waals surface area contributed by atoms with Gasteiger partial charge in [-0.05, 0) is 12.1 Å². The fraction of sp³-hybridized carbons (Fsp3) is 0. The molecule has 3 aromatic rings. The van der Waals surface area contributed by atoms with Gasteiger partial charge in [0.05, 0.1) is 29.3 Å². The molecule has 0 saturated heterocycles. The molecule has 2 heterocycles. The van der Waals surface area contributed by atoms with Gasteiger partial charge >= 0.3 is 0 Å². The van der Waals surface area contributed by atoms with E-state index in [1.165, 1.54) is 0 Å². The highest BCUT2D eigenvalue weighted by Gasteiger charge is 2.06. The Morgan fingerprint density at radius 3 is 2.81 bits per heavy atom. The molecule has 0 atom stereocenters. The molecule has 2 aromatic heterocycles. The van der Waals surface area contributed by atoms with Gasteiger partial charge in [-0.15, -0.1) is 0 Å². The Morgan fingerprint density at radius 2 is 1.94 bits per heavy atom. The van der Waals surface area contributed by atoms with Crippen molar-refractivity contribution in [1.29, 1.82) is 0 Å². The zero-order chi connectivity index (χ0) is 11.0. The number of nitrogens with zero attached hydrogens (tertiary/aromatic N) is 3. The fourth-order valence-corrected chi connectivity index (χ4v) is 1.76. The first-order valence-electron chi connectivity index (χ1n) is 4.99. The molecule has 0 radical (unpaired) electrons. The van der Waals surface area contributed by atoms with E-state index >= 15 is 0 Å². The van der Waals surface area contributed by atoms with Gasteiger partial charge in [-0.3, -0.25) is 4.98 Å². The number of nitrogens with two attached hydrogens (primary N) is 1. The molecule has 2 N–H and O–H groups in total. The second-order valence-corrected chi connectivity index (χ2v) is 3.55. The lowest BCUT2D eigenvalue weighted by Gasteiger charge is -2.05. The van der Waals surface area contributed by atoms with Crippen molar-refractivity contribution >= 4 is 16.6 Å². The van der Waals surface area contributed by atoms with Gasteiger partial charge in [0.15, 0.2) is 0 Å². The van der Waals surface area contributed by atoms with Crippen LogP contribution in [0.3, 0.4) is 0 Å². The Hall–Kier alpha value is -2.36. The Balaban J connectivity index is 2.31. The van der Waals surface area contributed by atoms with E-state index in [9.17, 15) is 0 Å². The summed E-state index contributed by atoms with van der Waals surface area (Å²) < 4.78 is 1.83. The van der Waals surface area contributed by atoms with Crippen LogP contribution in [0.1, 0.15) is 0 Å². The molecular formula is C12H10N4. The van der Waals surface area contributed by atoms with E-state index in [1.807, 2.05) is 41.2 Å². The van der Waals surface area contributed by atoms with Crippen molar-refractivity contribution in [2.45, 2.75) is 0 Å². The first-order chi connectivity index (χ1) is 7.86. The third-order valence-electron chi connectivity index (χ3n) is 2.53. The summed E-state index contributed by atoms with van der Waals surface area (Å²) >= 11 is 0. The third-order valence-corrected chi connectivity index (χ3v) is 2.53. The molecule has 0 saturated carbocycles. The first-order valence-corrected chi connectivity index (χ1v) is 4.99. The molecule has 0 unspecified atom stereocenters. The van der Waals surface area contributed by atoms with E-state index < -0.39 is 0 Å². The second kappa shape index (κ2) is 3.34. The minimum Gasteiger partial charge on any atom is -0.396 e. The lowest BCUT2D eigenvalue weighted by atomic mass is 10.2. The summed E-state index contributed by atoms with van der Waals surface area (Å²) in [5.41, 5.74) is 8.40. The molecule has 4 heteroatoms. The van der Waals surface area contributed by atoms with Crippen LogP contribution in [0.5, 0.6) is 0 Å². The molecule has 0 aliphatic heterocycles. The van der Waals surface area contributed by atoms with Crippen molar-refractivity contribution in [3.05, 3.63) is 48.9 Å². The van der Waals surface area contributed by atoms with Crippen molar-refractivity contribution in [1.82, 2.24) is 14.8 Å². The van der Waals surface area contributed by atoms with Crippen molar-refractivity contribution in [2.24, 2.45) is 0 Å². The van der Waals surface area contributed by atoms with Crippen LogP contribution >= 0.6 is 0 Å². The van der Waals surface area contributed by atoms with E-state index in [4.69, 9.17) is 5.73 Å². The topological polar surface area (TPSA) is 56.7 Å². The summed E-state index contributed by atoms with van der Waals surface area (Å²) in [5, 5.41) is 5.43. The van der Waals surface area contributed by atoms with E-state index in [2.05, 4.69) is 10.1 Å². The van der Waals surface area contributed by atoms with Crippen LogP contribution in [-0.4, -0.2) is 14.8 Å². The standard InChI is InChI=1S/C12H10N4/c13-10-8-14-6-5-12(10)16-11-4-2-1-3-9(11)7-15-16/h1-8H,13H2. The Bertz CT molecular complexity index is 642. The van der Waals surface area contributed by atoms with Gasteiger partial charge in [0, 0.05) is 11.6 Å². The van der Waals surface area contributed by atoms with Gasteiger partial charge in [0.25, 0.3) is 0 Å². The summed E-state index contributed by atoms with van der Waals surface area (Å²) in [6, 6.07) is 9.87.